The number of β-lactam (4-membered cyclic amide) rings is 1. The third-order valence-corrected chi connectivity index (χ3v) is 11.0. The van der Waals surface area contributed by atoms with Crippen molar-refractivity contribution in [1.82, 2.24) is 4.90 Å². The summed E-state index contributed by atoms with van der Waals surface area (Å²) in [5.41, 5.74) is 0.485. The molecule has 5 atom stereocenters. The first-order chi connectivity index (χ1) is 16.5. The second-order valence-electron chi connectivity index (χ2n) is 11.0. The summed E-state index contributed by atoms with van der Waals surface area (Å²) in [5.74, 6) is -0.637. The highest BCUT2D eigenvalue weighted by atomic mass is 28.4. The summed E-state index contributed by atoms with van der Waals surface area (Å²) >= 11 is 0. The van der Waals surface area contributed by atoms with E-state index in [4.69, 9.17) is 4.74 Å². The Hall–Kier alpha value is -2.27. The first kappa shape index (κ1) is 24.4. The number of aliphatic hydroxyl groups excluding tert-OH is 1. The number of likely N-dealkylation sites (N-methyl/N-ethyl adjacent to an activating group) is 1. The maximum Gasteiger partial charge on any atom is 0.264 e. The predicted octanol–water partition coefficient (Wildman–Crippen LogP) is 1.57. The average molecular weight is 502 g/mol. The van der Waals surface area contributed by atoms with Crippen molar-refractivity contribution in [3.63, 3.8) is 0 Å². The molecule has 4 heterocycles. The number of hydrogen-bond donors (Lipinski definition) is 2. The highest BCUT2D eigenvalue weighted by Gasteiger charge is 2.66. The lowest BCUT2D eigenvalue weighted by Crippen LogP contribution is -2.46. The maximum absolute atomic E-state index is 13.8. The van der Waals surface area contributed by atoms with Crippen LogP contribution in [0.2, 0.25) is 18.6 Å². The van der Waals surface area contributed by atoms with Crippen LogP contribution in [-0.4, -0.2) is 79.7 Å². The Balaban J connectivity index is 1.53. The molecule has 3 fully saturated rings. The minimum atomic E-state index is -2.87. The van der Waals surface area contributed by atoms with Crippen molar-refractivity contribution < 1.29 is 29.0 Å². The van der Waals surface area contributed by atoms with Gasteiger partial charge in [0.15, 0.2) is 13.9 Å². The van der Waals surface area contributed by atoms with Crippen LogP contribution in [0.1, 0.15) is 38.2 Å². The van der Waals surface area contributed by atoms with Crippen molar-refractivity contribution in [1.29, 1.82) is 0 Å². The van der Waals surface area contributed by atoms with Gasteiger partial charge in [0.1, 0.15) is 0 Å². The minimum absolute atomic E-state index is 0.0476. The first-order valence-electron chi connectivity index (χ1n) is 12.5. The molecule has 9 nitrogen and oxygen atoms in total. The van der Waals surface area contributed by atoms with Crippen molar-refractivity contribution in [2.75, 3.05) is 36.5 Å². The maximum atomic E-state index is 13.8. The van der Waals surface area contributed by atoms with Gasteiger partial charge in [-0.3, -0.25) is 14.4 Å². The molecule has 1 spiro atoms. The van der Waals surface area contributed by atoms with Gasteiger partial charge in [0, 0.05) is 49.3 Å². The van der Waals surface area contributed by atoms with E-state index in [1.54, 1.807) is 21.7 Å². The number of ether oxygens (including phenoxy) is 1. The lowest BCUT2D eigenvalue weighted by molar-refractivity contribution is -0.149. The molecule has 4 aliphatic heterocycles. The van der Waals surface area contributed by atoms with Gasteiger partial charge in [-0.25, -0.2) is 0 Å². The zero-order valence-corrected chi connectivity index (χ0v) is 21.9. The molecule has 3 saturated heterocycles. The van der Waals surface area contributed by atoms with Crippen molar-refractivity contribution >= 4 is 37.4 Å². The van der Waals surface area contributed by atoms with Crippen molar-refractivity contribution in [3.05, 3.63) is 23.8 Å². The van der Waals surface area contributed by atoms with Crippen LogP contribution in [0.15, 0.2) is 18.2 Å². The Morgan fingerprint density at radius 1 is 1.26 bits per heavy atom. The molecule has 0 bridgehead atoms. The molecule has 10 heteroatoms. The number of fused-ring (bicyclic) bond motifs is 2. The normalized spacial score (nSPS) is 32.6. The van der Waals surface area contributed by atoms with Crippen LogP contribution in [-0.2, 0) is 24.7 Å². The second-order valence-corrected chi connectivity index (χ2v) is 15.0. The molecule has 1 aromatic rings. The zero-order chi connectivity index (χ0) is 25.3. The van der Waals surface area contributed by atoms with Gasteiger partial charge in [-0.1, -0.05) is 6.92 Å². The van der Waals surface area contributed by atoms with E-state index in [-0.39, 0.29) is 48.3 Å². The SMILES string of the molecule is C[C@H]1[C@H]([Si](C)(C)O)[C@@H](CC(=O)N2CCC[C@H]2CO)O[C@]12C(=O)N(C)c1ccc(N3CCC3=O)cc12. The molecular formula is C25H35N3O6Si. The number of benzene rings is 1. The van der Waals surface area contributed by atoms with E-state index in [2.05, 4.69) is 0 Å². The molecule has 0 unspecified atom stereocenters. The summed E-state index contributed by atoms with van der Waals surface area (Å²) in [6.07, 6.45) is 1.56. The molecule has 0 saturated carbocycles. The Labute approximate surface area is 206 Å². The number of rotatable bonds is 5. The van der Waals surface area contributed by atoms with Crippen LogP contribution in [0.4, 0.5) is 11.4 Å². The number of carbonyl (C=O) groups is 3. The van der Waals surface area contributed by atoms with Gasteiger partial charge in [0.2, 0.25) is 11.8 Å². The number of nitrogens with zero attached hydrogens (tertiary/aromatic N) is 3. The molecule has 1 aromatic carbocycles. The van der Waals surface area contributed by atoms with Crippen LogP contribution < -0.4 is 9.80 Å². The molecule has 0 aliphatic carbocycles. The quantitative estimate of drug-likeness (QED) is 0.468. The smallest absolute Gasteiger partial charge is 0.264 e. The van der Waals surface area contributed by atoms with Gasteiger partial charge in [-0.15, -0.1) is 0 Å². The summed E-state index contributed by atoms with van der Waals surface area (Å²) in [6.45, 7) is 6.77. The highest BCUT2D eigenvalue weighted by molar-refractivity contribution is 6.71. The minimum Gasteiger partial charge on any atom is -0.432 e. The number of hydrogen-bond acceptors (Lipinski definition) is 6. The van der Waals surface area contributed by atoms with Gasteiger partial charge in [0.25, 0.3) is 5.91 Å². The van der Waals surface area contributed by atoms with Gasteiger partial charge in [0.05, 0.1) is 30.9 Å². The third kappa shape index (κ3) is 3.56. The van der Waals surface area contributed by atoms with E-state index in [0.29, 0.717) is 25.1 Å². The highest BCUT2D eigenvalue weighted by Crippen LogP contribution is 2.59. The van der Waals surface area contributed by atoms with Crippen molar-refractivity contribution in [2.24, 2.45) is 5.92 Å². The summed E-state index contributed by atoms with van der Waals surface area (Å²) in [7, 11) is -1.16. The number of amides is 3. The Bertz CT molecular complexity index is 1070. The molecule has 35 heavy (non-hydrogen) atoms. The molecule has 0 radical (unpaired) electrons. The van der Waals surface area contributed by atoms with Gasteiger partial charge < -0.3 is 29.3 Å². The summed E-state index contributed by atoms with van der Waals surface area (Å²) in [5, 5.41) is 9.69. The third-order valence-electron chi connectivity index (χ3n) is 8.54. The molecule has 4 aliphatic rings. The number of anilines is 2. The molecule has 0 aromatic heterocycles. The van der Waals surface area contributed by atoms with Crippen molar-refractivity contribution in [2.45, 2.75) is 69.0 Å². The molecule has 3 amide bonds. The van der Waals surface area contributed by atoms with E-state index >= 15 is 0 Å². The Morgan fingerprint density at radius 2 is 2.00 bits per heavy atom. The predicted molar refractivity (Wildman–Crippen MR) is 132 cm³/mol. The van der Waals surface area contributed by atoms with E-state index in [9.17, 15) is 24.3 Å². The average Bonchev–Trinajstić information content (AvgIpc) is 3.44. The largest absolute Gasteiger partial charge is 0.432 e. The monoisotopic (exact) mass is 501 g/mol. The fourth-order valence-electron chi connectivity index (χ4n) is 6.77. The molecule has 190 valence electrons. The van der Waals surface area contributed by atoms with Gasteiger partial charge in [-0.2, -0.15) is 0 Å². The van der Waals surface area contributed by atoms with Crippen LogP contribution in [0.5, 0.6) is 0 Å². The van der Waals surface area contributed by atoms with Crippen LogP contribution in [0.3, 0.4) is 0 Å². The Kier molecular flexibility index (Phi) is 5.86. The Morgan fingerprint density at radius 3 is 2.60 bits per heavy atom. The van der Waals surface area contributed by atoms with Gasteiger partial charge in [-0.05, 0) is 44.1 Å². The van der Waals surface area contributed by atoms with Crippen LogP contribution in [0.25, 0.3) is 0 Å². The number of carbonyl (C=O) groups excluding carboxylic acids is 3. The fraction of sp³-hybridized carbons (Fsp3) is 0.640. The summed E-state index contributed by atoms with van der Waals surface area (Å²) < 4.78 is 6.65. The molecule has 5 rings (SSSR count). The standard InChI is InChI=1S/C25H35N3O6Si/c1-15-23(35(3,4)33)20(13-22(31)27-10-5-6-17(27)14-29)34-25(15)18-12-16(28-11-9-21(28)30)7-8-19(18)26(2)24(25)32/h7-8,12,15,17,20,23,29,33H,5-6,9-11,13-14H2,1-4H3/t15-,17-,20+,23-,25+/m0/s1. The van der Waals surface area contributed by atoms with Crippen LogP contribution >= 0.6 is 0 Å². The topological polar surface area (TPSA) is 111 Å². The molecular weight excluding hydrogens is 466 g/mol. The number of likely N-dealkylation sites (tertiary alicyclic amines) is 1. The van der Waals surface area contributed by atoms with Crippen LogP contribution in [0, 0.1) is 5.92 Å². The summed E-state index contributed by atoms with van der Waals surface area (Å²) in [4.78, 5) is 55.5. The van der Waals surface area contributed by atoms with Crippen molar-refractivity contribution in [3.8, 4) is 0 Å². The lowest BCUT2D eigenvalue weighted by atomic mass is 9.82. The van der Waals surface area contributed by atoms with E-state index in [1.807, 2.05) is 38.2 Å². The van der Waals surface area contributed by atoms with E-state index < -0.39 is 20.0 Å². The summed E-state index contributed by atoms with van der Waals surface area (Å²) in [6, 6.07) is 5.39. The zero-order valence-electron chi connectivity index (χ0n) is 20.9. The molecule has 2 N–H and O–H groups in total. The van der Waals surface area contributed by atoms with Gasteiger partial charge >= 0.3 is 0 Å². The van der Waals surface area contributed by atoms with E-state index in [0.717, 1.165) is 24.2 Å². The van der Waals surface area contributed by atoms with E-state index in [1.165, 1.54) is 0 Å². The number of aliphatic hydroxyl groups is 1. The fourth-order valence-corrected chi connectivity index (χ4v) is 9.32. The lowest BCUT2D eigenvalue weighted by Gasteiger charge is -2.33. The first-order valence-corrected chi connectivity index (χ1v) is 15.6. The second kappa shape index (κ2) is 8.40.